The van der Waals surface area contributed by atoms with Crippen LogP contribution in [0.1, 0.15) is 17.3 Å². The molecule has 1 unspecified atom stereocenters. The van der Waals surface area contributed by atoms with Crippen LogP contribution in [0.4, 0.5) is 0 Å². The van der Waals surface area contributed by atoms with Crippen molar-refractivity contribution in [1.82, 2.24) is 9.88 Å². The molecule has 2 aromatic rings. The van der Waals surface area contributed by atoms with Crippen LogP contribution in [-0.2, 0) is 6.54 Å². The maximum Gasteiger partial charge on any atom is 0.192 e. The second-order valence-corrected chi connectivity index (χ2v) is 5.65. The van der Waals surface area contributed by atoms with Gasteiger partial charge in [0.25, 0.3) is 0 Å². The van der Waals surface area contributed by atoms with Gasteiger partial charge in [-0.05, 0) is 33.6 Å². The molecule has 1 aromatic carbocycles. The Labute approximate surface area is 126 Å². The van der Waals surface area contributed by atoms with Gasteiger partial charge in [0.15, 0.2) is 5.96 Å². The highest BCUT2D eigenvalue weighted by Gasteiger charge is 2.28. The second-order valence-electron chi connectivity index (χ2n) is 4.73. The number of guanidine groups is 1. The van der Waals surface area contributed by atoms with Gasteiger partial charge in [0.05, 0.1) is 18.3 Å². The zero-order valence-corrected chi connectivity index (χ0v) is 12.5. The van der Waals surface area contributed by atoms with Crippen LogP contribution in [0.15, 0.2) is 58.1 Å². The average molecular weight is 331 g/mol. The molecule has 0 amide bonds. The molecule has 0 saturated heterocycles. The normalized spacial score (nSPS) is 18.1. The summed E-state index contributed by atoms with van der Waals surface area (Å²) in [6.07, 6.45) is 1.81. The first-order chi connectivity index (χ1) is 9.74. The van der Waals surface area contributed by atoms with Crippen LogP contribution in [-0.4, -0.2) is 22.4 Å². The Balaban J connectivity index is 1.83. The summed E-state index contributed by atoms with van der Waals surface area (Å²) in [6.45, 7) is 1.41. The number of pyridine rings is 1. The molecule has 2 heterocycles. The summed E-state index contributed by atoms with van der Waals surface area (Å²) in [5.74, 6) is 0.587. The third-order valence-electron chi connectivity index (χ3n) is 3.38. The van der Waals surface area contributed by atoms with Crippen molar-refractivity contribution >= 4 is 21.9 Å². The minimum atomic E-state index is 0.114. The van der Waals surface area contributed by atoms with Gasteiger partial charge < -0.3 is 10.6 Å². The van der Waals surface area contributed by atoms with Gasteiger partial charge in [-0.25, -0.2) is 0 Å². The van der Waals surface area contributed by atoms with E-state index in [-0.39, 0.29) is 6.04 Å². The van der Waals surface area contributed by atoms with Crippen LogP contribution in [0.2, 0.25) is 0 Å². The number of hydrogen-bond acceptors (Lipinski definition) is 4. The number of aliphatic imine (C=N–C) groups is 1. The lowest BCUT2D eigenvalue weighted by molar-refractivity contribution is 0.334. The SMILES string of the molecule is NC1=NCC(c2ccc(Br)cn2)N1Cc1ccccc1. The van der Waals surface area contributed by atoms with Crippen molar-refractivity contribution in [2.75, 3.05) is 6.54 Å². The Hall–Kier alpha value is -1.88. The van der Waals surface area contributed by atoms with Crippen molar-refractivity contribution in [1.29, 1.82) is 0 Å². The fourth-order valence-corrected chi connectivity index (χ4v) is 2.57. The molecule has 0 radical (unpaired) electrons. The smallest absolute Gasteiger partial charge is 0.192 e. The molecule has 0 aliphatic carbocycles. The van der Waals surface area contributed by atoms with Crippen LogP contribution in [0.3, 0.4) is 0 Å². The van der Waals surface area contributed by atoms with Crippen molar-refractivity contribution < 1.29 is 0 Å². The summed E-state index contributed by atoms with van der Waals surface area (Å²) in [4.78, 5) is 10.9. The first-order valence-corrected chi connectivity index (χ1v) is 7.25. The minimum absolute atomic E-state index is 0.114. The van der Waals surface area contributed by atoms with E-state index in [4.69, 9.17) is 5.73 Å². The number of hydrogen-bond donors (Lipinski definition) is 1. The van der Waals surface area contributed by atoms with Crippen molar-refractivity contribution in [3.05, 3.63) is 64.4 Å². The molecule has 0 spiro atoms. The molecule has 3 rings (SSSR count). The van der Waals surface area contributed by atoms with Gasteiger partial charge in [-0.15, -0.1) is 0 Å². The van der Waals surface area contributed by atoms with Gasteiger partial charge >= 0.3 is 0 Å². The maximum absolute atomic E-state index is 6.02. The van der Waals surface area contributed by atoms with Crippen molar-refractivity contribution in [3.8, 4) is 0 Å². The molecule has 0 bridgehead atoms. The predicted octanol–water partition coefficient (Wildman–Crippen LogP) is 2.72. The highest BCUT2D eigenvalue weighted by Crippen LogP contribution is 2.26. The van der Waals surface area contributed by atoms with Crippen LogP contribution in [0.5, 0.6) is 0 Å². The maximum atomic E-state index is 6.02. The summed E-state index contributed by atoms with van der Waals surface area (Å²) in [5, 5.41) is 0. The van der Waals surface area contributed by atoms with Gasteiger partial charge in [0, 0.05) is 17.2 Å². The number of aromatic nitrogens is 1. The Bertz CT molecular complexity index is 610. The van der Waals surface area contributed by atoms with Crippen LogP contribution in [0, 0.1) is 0 Å². The molecule has 1 atom stereocenters. The quantitative estimate of drug-likeness (QED) is 0.941. The summed E-state index contributed by atoms with van der Waals surface area (Å²) in [5.41, 5.74) is 8.23. The third kappa shape index (κ3) is 2.67. The Morgan fingerprint density at radius 3 is 2.70 bits per heavy atom. The second kappa shape index (κ2) is 5.63. The van der Waals surface area contributed by atoms with E-state index in [9.17, 15) is 0 Å². The summed E-state index contributed by atoms with van der Waals surface area (Å²) in [6, 6.07) is 14.4. The Kier molecular flexibility index (Phi) is 3.69. The highest BCUT2D eigenvalue weighted by atomic mass is 79.9. The first kappa shape index (κ1) is 13.1. The highest BCUT2D eigenvalue weighted by molar-refractivity contribution is 9.10. The Morgan fingerprint density at radius 2 is 2.00 bits per heavy atom. The van der Waals surface area contributed by atoms with Crippen molar-refractivity contribution in [2.24, 2.45) is 10.7 Å². The first-order valence-electron chi connectivity index (χ1n) is 6.46. The van der Waals surface area contributed by atoms with E-state index in [2.05, 4.69) is 42.9 Å². The average Bonchev–Trinajstić information content (AvgIpc) is 2.83. The third-order valence-corrected chi connectivity index (χ3v) is 3.85. The van der Waals surface area contributed by atoms with Gasteiger partial charge in [-0.2, -0.15) is 0 Å². The van der Waals surface area contributed by atoms with Gasteiger partial charge in [0.2, 0.25) is 0 Å². The van der Waals surface area contributed by atoms with Crippen LogP contribution >= 0.6 is 15.9 Å². The number of nitrogens with zero attached hydrogens (tertiary/aromatic N) is 3. The molecule has 0 saturated carbocycles. The minimum Gasteiger partial charge on any atom is -0.370 e. The number of benzene rings is 1. The van der Waals surface area contributed by atoms with E-state index in [0.717, 1.165) is 16.7 Å². The molecule has 102 valence electrons. The van der Waals surface area contributed by atoms with Crippen molar-refractivity contribution in [2.45, 2.75) is 12.6 Å². The summed E-state index contributed by atoms with van der Waals surface area (Å²) in [7, 11) is 0. The molecular formula is C15H15BrN4. The summed E-state index contributed by atoms with van der Waals surface area (Å²) >= 11 is 3.41. The molecule has 4 nitrogen and oxygen atoms in total. The molecule has 1 aliphatic rings. The van der Waals surface area contributed by atoms with E-state index >= 15 is 0 Å². The number of rotatable bonds is 3. The van der Waals surface area contributed by atoms with Crippen LogP contribution in [0.25, 0.3) is 0 Å². The Morgan fingerprint density at radius 1 is 1.20 bits per heavy atom. The number of nitrogens with two attached hydrogens (primary N) is 1. The number of halogens is 1. The van der Waals surface area contributed by atoms with Gasteiger partial charge in [0.1, 0.15) is 0 Å². The standard InChI is InChI=1S/C15H15BrN4/c16-12-6-7-13(18-8-12)14-9-19-15(17)20(14)10-11-4-2-1-3-5-11/h1-8,14H,9-10H2,(H2,17,19). The van der Waals surface area contributed by atoms with Crippen LogP contribution < -0.4 is 5.73 Å². The largest absolute Gasteiger partial charge is 0.370 e. The van der Waals surface area contributed by atoms with E-state index in [1.807, 2.05) is 36.5 Å². The van der Waals surface area contributed by atoms with E-state index < -0.39 is 0 Å². The van der Waals surface area contributed by atoms with E-state index in [0.29, 0.717) is 12.5 Å². The lowest BCUT2D eigenvalue weighted by Gasteiger charge is -2.26. The molecule has 0 fully saturated rings. The molecule has 5 heteroatoms. The lowest BCUT2D eigenvalue weighted by atomic mass is 10.1. The molecule has 2 N–H and O–H groups in total. The zero-order valence-electron chi connectivity index (χ0n) is 10.9. The molecule has 20 heavy (non-hydrogen) atoms. The zero-order chi connectivity index (χ0) is 13.9. The van der Waals surface area contributed by atoms with E-state index in [1.54, 1.807) is 0 Å². The molecule has 1 aliphatic heterocycles. The van der Waals surface area contributed by atoms with Gasteiger partial charge in [-0.3, -0.25) is 9.98 Å². The van der Waals surface area contributed by atoms with Gasteiger partial charge in [-0.1, -0.05) is 30.3 Å². The predicted molar refractivity (Wildman–Crippen MR) is 83.2 cm³/mol. The topological polar surface area (TPSA) is 54.5 Å². The summed E-state index contributed by atoms with van der Waals surface area (Å²) < 4.78 is 0.975. The fraction of sp³-hybridized carbons (Fsp3) is 0.200. The van der Waals surface area contributed by atoms with Crippen molar-refractivity contribution in [3.63, 3.8) is 0 Å². The van der Waals surface area contributed by atoms with E-state index in [1.165, 1.54) is 5.56 Å². The fourth-order valence-electron chi connectivity index (χ4n) is 2.34. The molecule has 1 aromatic heterocycles. The lowest BCUT2D eigenvalue weighted by Crippen LogP contribution is -2.35. The molecular weight excluding hydrogens is 316 g/mol. The monoisotopic (exact) mass is 330 g/mol.